The van der Waals surface area contributed by atoms with Gasteiger partial charge in [0.25, 0.3) is 0 Å². The van der Waals surface area contributed by atoms with Gasteiger partial charge in [0.1, 0.15) is 6.04 Å². The molecule has 0 spiro atoms. The van der Waals surface area contributed by atoms with Gasteiger partial charge in [-0.05, 0) is 18.8 Å². The molecule has 2 fully saturated rings. The van der Waals surface area contributed by atoms with Crippen LogP contribution in [0.3, 0.4) is 0 Å². The Balaban J connectivity index is 1.83. The van der Waals surface area contributed by atoms with E-state index in [2.05, 4.69) is 5.32 Å². The fraction of sp³-hybridized carbons (Fsp3) is 0.750. The zero-order valence-electron chi connectivity index (χ0n) is 11.0. The number of carbonyl (C=O) groups excluding carboxylic acids is 2. The lowest BCUT2D eigenvalue weighted by molar-refractivity contribution is -0.139. The standard InChI is InChI=1S/C12H19N3O4/c1-8(16)14-4-6-15(7-5-14)12(19)13-10(11(17)18)9-2-3-9/h9-10H,2-7H2,1H3,(H,13,19)(H,17,18). The van der Waals surface area contributed by atoms with Gasteiger partial charge in [0.15, 0.2) is 0 Å². The topological polar surface area (TPSA) is 90.0 Å². The summed E-state index contributed by atoms with van der Waals surface area (Å²) >= 11 is 0. The average molecular weight is 269 g/mol. The molecule has 7 nitrogen and oxygen atoms in total. The maximum atomic E-state index is 12.0. The number of carboxylic acid groups (broad SMARTS) is 1. The lowest BCUT2D eigenvalue weighted by Gasteiger charge is -2.34. The van der Waals surface area contributed by atoms with E-state index in [9.17, 15) is 14.4 Å². The minimum Gasteiger partial charge on any atom is -0.480 e. The first-order valence-electron chi connectivity index (χ1n) is 6.53. The van der Waals surface area contributed by atoms with E-state index in [0.29, 0.717) is 26.2 Å². The monoisotopic (exact) mass is 269 g/mol. The lowest BCUT2D eigenvalue weighted by Crippen LogP contribution is -2.55. The van der Waals surface area contributed by atoms with Crippen LogP contribution in [0, 0.1) is 5.92 Å². The molecule has 0 radical (unpaired) electrons. The molecule has 2 aliphatic rings. The fourth-order valence-electron chi connectivity index (χ4n) is 2.26. The minimum absolute atomic E-state index is 0.00134. The number of piperazine rings is 1. The third kappa shape index (κ3) is 3.36. The van der Waals surface area contributed by atoms with Crippen molar-refractivity contribution in [3.63, 3.8) is 0 Å². The van der Waals surface area contributed by atoms with Crippen LogP contribution >= 0.6 is 0 Å². The Morgan fingerprint density at radius 3 is 2.05 bits per heavy atom. The van der Waals surface area contributed by atoms with Gasteiger partial charge in [0.2, 0.25) is 5.91 Å². The van der Waals surface area contributed by atoms with Gasteiger partial charge < -0.3 is 20.2 Å². The van der Waals surface area contributed by atoms with E-state index in [0.717, 1.165) is 12.8 Å². The van der Waals surface area contributed by atoms with Gasteiger partial charge in [-0.25, -0.2) is 9.59 Å². The number of aliphatic carboxylic acids is 1. The summed E-state index contributed by atoms with van der Waals surface area (Å²) < 4.78 is 0. The molecular weight excluding hydrogens is 250 g/mol. The van der Waals surface area contributed by atoms with Crippen molar-refractivity contribution in [2.45, 2.75) is 25.8 Å². The number of urea groups is 1. The van der Waals surface area contributed by atoms with Crippen molar-refractivity contribution in [1.82, 2.24) is 15.1 Å². The first-order valence-corrected chi connectivity index (χ1v) is 6.53. The van der Waals surface area contributed by atoms with Crippen LogP contribution in [0.25, 0.3) is 0 Å². The van der Waals surface area contributed by atoms with Crippen LogP contribution in [0.15, 0.2) is 0 Å². The molecule has 106 valence electrons. The van der Waals surface area contributed by atoms with E-state index in [-0.39, 0.29) is 17.9 Å². The Bertz CT molecular complexity index is 386. The molecule has 1 aliphatic heterocycles. The third-order valence-corrected chi connectivity index (χ3v) is 3.65. The van der Waals surface area contributed by atoms with Crippen LogP contribution in [0.5, 0.6) is 0 Å². The molecule has 1 saturated heterocycles. The molecule has 3 amide bonds. The van der Waals surface area contributed by atoms with Gasteiger partial charge in [-0.2, -0.15) is 0 Å². The molecule has 19 heavy (non-hydrogen) atoms. The largest absolute Gasteiger partial charge is 0.480 e. The van der Waals surface area contributed by atoms with Crippen LogP contribution in [-0.2, 0) is 9.59 Å². The molecule has 0 aromatic carbocycles. The highest BCUT2D eigenvalue weighted by atomic mass is 16.4. The first kappa shape index (κ1) is 13.6. The van der Waals surface area contributed by atoms with Gasteiger partial charge >= 0.3 is 12.0 Å². The fourth-order valence-corrected chi connectivity index (χ4v) is 2.26. The molecule has 1 atom stereocenters. The molecule has 0 aromatic heterocycles. The summed E-state index contributed by atoms with van der Waals surface area (Å²) in [6.45, 7) is 3.40. The van der Waals surface area contributed by atoms with Crippen molar-refractivity contribution in [2.24, 2.45) is 5.92 Å². The maximum absolute atomic E-state index is 12.0. The smallest absolute Gasteiger partial charge is 0.326 e. The van der Waals surface area contributed by atoms with Crippen LogP contribution in [0.4, 0.5) is 4.79 Å². The SMILES string of the molecule is CC(=O)N1CCN(C(=O)NC(C(=O)O)C2CC2)CC1. The van der Waals surface area contributed by atoms with E-state index in [1.54, 1.807) is 9.80 Å². The summed E-state index contributed by atoms with van der Waals surface area (Å²) in [5.41, 5.74) is 0. The second-order valence-corrected chi connectivity index (χ2v) is 5.10. The number of amides is 3. The van der Waals surface area contributed by atoms with E-state index in [1.165, 1.54) is 6.92 Å². The summed E-state index contributed by atoms with van der Waals surface area (Å²) in [6, 6.07) is -1.12. The summed E-state index contributed by atoms with van der Waals surface area (Å²) in [7, 11) is 0. The predicted molar refractivity (Wildman–Crippen MR) is 66.5 cm³/mol. The molecule has 0 aromatic rings. The van der Waals surface area contributed by atoms with E-state index < -0.39 is 12.0 Å². The number of hydrogen-bond acceptors (Lipinski definition) is 3. The number of nitrogens with one attached hydrogen (secondary N) is 1. The van der Waals surface area contributed by atoms with Gasteiger partial charge in [0.05, 0.1) is 0 Å². The molecule has 7 heteroatoms. The number of rotatable bonds is 3. The van der Waals surface area contributed by atoms with Crippen molar-refractivity contribution in [3.05, 3.63) is 0 Å². The summed E-state index contributed by atoms with van der Waals surface area (Å²) in [4.78, 5) is 37.4. The number of carbonyl (C=O) groups is 3. The predicted octanol–water partition coefficient (Wildman–Crippen LogP) is -0.277. The Hall–Kier alpha value is -1.79. The van der Waals surface area contributed by atoms with Crippen molar-refractivity contribution in [2.75, 3.05) is 26.2 Å². The van der Waals surface area contributed by atoms with E-state index in [4.69, 9.17) is 5.11 Å². The lowest BCUT2D eigenvalue weighted by atomic mass is 10.2. The first-order chi connectivity index (χ1) is 8.99. The number of nitrogens with zero attached hydrogens (tertiary/aromatic N) is 2. The van der Waals surface area contributed by atoms with Crippen LogP contribution in [0.2, 0.25) is 0 Å². The zero-order valence-corrected chi connectivity index (χ0v) is 11.0. The molecule has 2 rings (SSSR count). The number of hydrogen-bond donors (Lipinski definition) is 2. The minimum atomic E-state index is -0.974. The third-order valence-electron chi connectivity index (χ3n) is 3.65. The average Bonchev–Trinajstić information content (AvgIpc) is 3.19. The summed E-state index contributed by atoms with van der Waals surface area (Å²) in [6.07, 6.45) is 1.71. The molecular formula is C12H19N3O4. The molecule has 1 heterocycles. The Morgan fingerprint density at radius 2 is 1.63 bits per heavy atom. The summed E-state index contributed by atoms with van der Waals surface area (Å²) in [5.74, 6) is -0.903. The Labute approximate surface area is 111 Å². The Morgan fingerprint density at radius 1 is 1.11 bits per heavy atom. The van der Waals surface area contributed by atoms with Crippen molar-refractivity contribution < 1.29 is 19.5 Å². The van der Waals surface area contributed by atoms with E-state index >= 15 is 0 Å². The second-order valence-electron chi connectivity index (χ2n) is 5.10. The quantitative estimate of drug-likeness (QED) is 0.737. The molecule has 2 N–H and O–H groups in total. The van der Waals surface area contributed by atoms with Crippen molar-refractivity contribution in [1.29, 1.82) is 0 Å². The highest BCUT2D eigenvalue weighted by Gasteiger charge is 2.38. The zero-order chi connectivity index (χ0) is 14.0. The maximum Gasteiger partial charge on any atom is 0.326 e. The highest BCUT2D eigenvalue weighted by Crippen LogP contribution is 2.32. The van der Waals surface area contributed by atoms with Crippen LogP contribution in [-0.4, -0.2) is 65.0 Å². The molecule has 1 unspecified atom stereocenters. The van der Waals surface area contributed by atoms with E-state index in [1.807, 2.05) is 0 Å². The van der Waals surface area contributed by atoms with Crippen LogP contribution in [0.1, 0.15) is 19.8 Å². The second kappa shape index (κ2) is 5.46. The highest BCUT2D eigenvalue weighted by molar-refractivity contribution is 5.83. The van der Waals surface area contributed by atoms with Gasteiger partial charge in [-0.15, -0.1) is 0 Å². The molecule has 1 aliphatic carbocycles. The van der Waals surface area contributed by atoms with Crippen LogP contribution < -0.4 is 5.32 Å². The van der Waals surface area contributed by atoms with Crippen molar-refractivity contribution >= 4 is 17.9 Å². The van der Waals surface area contributed by atoms with Gasteiger partial charge in [0, 0.05) is 33.1 Å². The number of carboxylic acids is 1. The van der Waals surface area contributed by atoms with Crippen molar-refractivity contribution in [3.8, 4) is 0 Å². The molecule has 1 saturated carbocycles. The Kier molecular flexibility index (Phi) is 3.92. The van der Waals surface area contributed by atoms with Gasteiger partial charge in [-0.3, -0.25) is 4.79 Å². The molecule has 0 bridgehead atoms. The normalized spacial score (nSPS) is 20.9. The summed E-state index contributed by atoms with van der Waals surface area (Å²) in [5, 5.41) is 11.6. The van der Waals surface area contributed by atoms with Gasteiger partial charge in [-0.1, -0.05) is 0 Å².